The minimum Gasteiger partial charge on any atom is -0.449 e. The zero-order valence-corrected chi connectivity index (χ0v) is 22.1. The molecule has 38 heavy (non-hydrogen) atoms. The molecule has 4 aromatic rings. The van der Waals surface area contributed by atoms with Crippen LogP contribution in [-0.4, -0.2) is 26.7 Å². The van der Waals surface area contributed by atoms with E-state index in [1.807, 2.05) is 43.3 Å². The van der Waals surface area contributed by atoms with Crippen LogP contribution in [0, 0.1) is 6.92 Å². The van der Waals surface area contributed by atoms with Crippen molar-refractivity contribution >= 4 is 35.1 Å². The summed E-state index contributed by atoms with van der Waals surface area (Å²) in [6.07, 6.45) is 0.564. The standard InChI is InChI=1S/C29H24Cl2N2O5/c1-17-13-22(38-29(35)36)9-11-23(17)18-3-5-19(6-4-18)25(24-10-8-21(30)14-26(24)31)15-27(32-37)20-7-12-28(34)33(2)16-20/h3-14,16,25,37H,15H2,1-2H3,(H,35,36)/b32-27+/t25-/m1/s1. The average Bonchev–Trinajstić information content (AvgIpc) is 2.87. The fourth-order valence-electron chi connectivity index (χ4n) is 4.39. The van der Waals surface area contributed by atoms with Gasteiger partial charge in [-0.3, -0.25) is 4.79 Å². The van der Waals surface area contributed by atoms with Crippen molar-refractivity contribution in [2.75, 3.05) is 0 Å². The van der Waals surface area contributed by atoms with Gasteiger partial charge < -0.3 is 19.6 Å². The lowest BCUT2D eigenvalue weighted by atomic mass is 9.84. The van der Waals surface area contributed by atoms with Crippen LogP contribution < -0.4 is 10.3 Å². The zero-order chi connectivity index (χ0) is 27.4. The summed E-state index contributed by atoms with van der Waals surface area (Å²) in [5.41, 5.74) is 5.29. The van der Waals surface area contributed by atoms with E-state index in [0.717, 1.165) is 27.8 Å². The fraction of sp³-hybridized carbons (Fsp3) is 0.138. The minimum atomic E-state index is -1.36. The van der Waals surface area contributed by atoms with Gasteiger partial charge in [-0.25, -0.2) is 4.79 Å². The molecule has 0 aliphatic heterocycles. The number of carbonyl (C=O) groups is 1. The zero-order valence-electron chi connectivity index (χ0n) is 20.6. The Kier molecular flexibility index (Phi) is 8.20. The molecule has 0 amide bonds. The molecule has 3 aromatic carbocycles. The smallest absolute Gasteiger partial charge is 0.449 e. The Balaban J connectivity index is 1.72. The number of pyridine rings is 1. The third-order valence-corrected chi connectivity index (χ3v) is 6.86. The highest BCUT2D eigenvalue weighted by Crippen LogP contribution is 2.37. The van der Waals surface area contributed by atoms with Crippen molar-refractivity contribution in [3.05, 3.63) is 122 Å². The average molecular weight is 551 g/mol. The number of hydrogen-bond acceptors (Lipinski definition) is 5. The Morgan fingerprint density at radius 2 is 1.76 bits per heavy atom. The molecular formula is C29H24Cl2N2O5. The van der Waals surface area contributed by atoms with Crippen molar-refractivity contribution in [1.82, 2.24) is 4.57 Å². The van der Waals surface area contributed by atoms with E-state index >= 15 is 0 Å². The first-order valence-electron chi connectivity index (χ1n) is 11.6. The second kappa shape index (κ2) is 11.5. The van der Waals surface area contributed by atoms with Crippen molar-refractivity contribution in [2.45, 2.75) is 19.3 Å². The maximum atomic E-state index is 11.9. The minimum absolute atomic E-state index is 0.170. The second-order valence-corrected chi connectivity index (χ2v) is 9.65. The number of oxime groups is 1. The predicted octanol–water partition coefficient (Wildman–Crippen LogP) is 7.12. The lowest BCUT2D eigenvalue weighted by molar-refractivity contribution is 0.144. The Labute approximate surface area is 229 Å². The molecule has 4 rings (SSSR count). The number of carboxylic acid groups (broad SMARTS) is 1. The highest BCUT2D eigenvalue weighted by atomic mass is 35.5. The topological polar surface area (TPSA) is 101 Å². The van der Waals surface area contributed by atoms with Crippen LogP contribution in [0.4, 0.5) is 4.79 Å². The van der Waals surface area contributed by atoms with Gasteiger partial charge in [-0.15, -0.1) is 0 Å². The van der Waals surface area contributed by atoms with Crippen LogP contribution in [0.1, 0.15) is 34.6 Å². The van der Waals surface area contributed by atoms with Gasteiger partial charge in [0.1, 0.15) is 5.75 Å². The molecule has 0 bridgehead atoms. The normalized spacial score (nSPS) is 12.3. The van der Waals surface area contributed by atoms with Gasteiger partial charge in [0.05, 0.1) is 5.71 Å². The van der Waals surface area contributed by atoms with Gasteiger partial charge in [-0.2, -0.15) is 0 Å². The molecule has 0 spiro atoms. The molecule has 0 radical (unpaired) electrons. The summed E-state index contributed by atoms with van der Waals surface area (Å²) >= 11 is 12.8. The number of aryl methyl sites for hydroxylation is 2. The summed E-state index contributed by atoms with van der Waals surface area (Å²) in [6.45, 7) is 1.88. The molecule has 0 aliphatic carbocycles. The van der Waals surface area contributed by atoms with Crippen LogP contribution in [0.5, 0.6) is 5.75 Å². The Hall–Kier alpha value is -4.07. The lowest BCUT2D eigenvalue weighted by Crippen LogP contribution is -2.18. The van der Waals surface area contributed by atoms with E-state index in [9.17, 15) is 14.8 Å². The largest absolute Gasteiger partial charge is 0.511 e. The molecular weight excluding hydrogens is 527 g/mol. The van der Waals surface area contributed by atoms with E-state index in [4.69, 9.17) is 33.0 Å². The van der Waals surface area contributed by atoms with E-state index in [1.54, 1.807) is 43.6 Å². The number of benzene rings is 3. The molecule has 0 unspecified atom stereocenters. The molecule has 0 saturated heterocycles. The third kappa shape index (κ3) is 6.07. The van der Waals surface area contributed by atoms with Gasteiger partial charge in [0, 0.05) is 47.3 Å². The second-order valence-electron chi connectivity index (χ2n) is 8.80. The number of halogens is 2. The maximum Gasteiger partial charge on any atom is 0.511 e. The number of aromatic nitrogens is 1. The van der Waals surface area contributed by atoms with Crippen molar-refractivity contribution in [3.63, 3.8) is 0 Å². The van der Waals surface area contributed by atoms with E-state index < -0.39 is 6.16 Å². The number of ether oxygens (including phenoxy) is 1. The lowest BCUT2D eigenvalue weighted by Gasteiger charge is -2.21. The van der Waals surface area contributed by atoms with Crippen LogP contribution in [0.3, 0.4) is 0 Å². The third-order valence-electron chi connectivity index (χ3n) is 6.30. The van der Waals surface area contributed by atoms with Gasteiger partial charge in [0.2, 0.25) is 5.56 Å². The summed E-state index contributed by atoms with van der Waals surface area (Å²) < 4.78 is 6.17. The molecule has 0 fully saturated rings. The van der Waals surface area contributed by atoms with Crippen LogP contribution in [0.25, 0.3) is 11.1 Å². The summed E-state index contributed by atoms with van der Waals surface area (Å²) in [7, 11) is 1.63. The molecule has 0 aliphatic rings. The van der Waals surface area contributed by atoms with E-state index in [1.165, 1.54) is 10.6 Å². The predicted molar refractivity (Wildman–Crippen MR) is 148 cm³/mol. The van der Waals surface area contributed by atoms with Crippen molar-refractivity contribution in [3.8, 4) is 16.9 Å². The Morgan fingerprint density at radius 1 is 1.03 bits per heavy atom. The maximum absolute atomic E-state index is 11.9. The van der Waals surface area contributed by atoms with E-state index in [2.05, 4.69) is 5.16 Å². The Bertz CT molecular complexity index is 1580. The summed E-state index contributed by atoms with van der Waals surface area (Å²) in [6, 6.07) is 21.3. The van der Waals surface area contributed by atoms with Gasteiger partial charge in [-0.1, -0.05) is 64.8 Å². The van der Waals surface area contributed by atoms with E-state index in [-0.39, 0.29) is 17.2 Å². The van der Waals surface area contributed by atoms with Crippen molar-refractivity contribution < 1.29 is 19.8 Å². The molecule has 1 heterocycles. The summed E-state index contributed by atoms with van der Waals surface area (Å²) in [4.78, 5) is 22.7. The quantitative estimate of drug-likeness (QED) is 0.0837. The molecule has 7 nitrogen and oxygen atoms in total. The molecule has 2 N–H and O–H groups in total. The number of rotatable bonds is 7. The number of nitrogens with zero attached hydrogens (tertiary/aromatic N) is 2. The highest BCUT2D eigenvalue weighted by Gasteiger charge is 2.22. The molecule has 0 saturated carbocycles. The summed E-state index contributed by atoms with van der Waals surface area (Å²) in [5, 5.41) is 23.3. The monoisotopic (exact) mass is 550 g/mol. The molecule has 1 atom stereocenters. The molecule has 194 valence electrons. The first-order chi connectivity index (χ1) is 18.2. The SMILES string of the molecule is Cc1cc(OC(=O)O)ccc1-c1ccc([C@@H](C/C(=N\O)c2ccc(=O)n(C)c2)c2ccc(Cl)cc2Cl)cc1. The Morgan fingerprint density at radius 3 is 2.37 bits per heavy atom. The van der Waals surface area contributed by atoms with Gasteiger partial charge in [0.15, 0.2) is 0 Å². The first kappa shape index (κ1) is 27.0. The number of hydrogen-bond donors (Lipinski definition) is 2. The fourth-order valence-corrected chi connectivity index (χ4v) is 4.93. The van der Waals surface area contributed by atoms with Crippen LogP contribution >= 0.6 is 23.2 Å². The highest BCUT2D eigenvalue weighted by molar-refractivity contribution is 6.35. The van der Waals surface area contributed by atoms with Crippen LogP contribution in [-0.2, 0) is 7.05 Å². The van der Waals surface area contributed by atoms with Crippen LogP contribution in [0.15, 0.2) is 88.9 Å². The van der Waals surface area contributed by atoms with E-state index in [0.29, 0.717) is 27.7 Å². The van der Waals surface area contributed by atoms with Crippen LogP contribution in [0.2, 0.25) is 10.0 Å². The molecule has 1 aromatic heterocycles. The first-order valence-corrected chi connectivity index (χ1v) is 12.4. The van der Waals surface area contributed by atoms with Gasteiger partial charge >= 0.3 is 6.16 Å². The van der Waals surface area contributed by atoms with Crippen molar-refractivity contribution in [1.29, 1.82) is 0 Å². The van der Waals surface area contributed by atoms with Crippen molar-refractivity contribution in [2.24, 2.45) is 12.2 Å². The molecule has 9 heteroatoms. The van der Waals surface area contributed by atoms with Gasteiger partial charge in [-0.05, 0) is 65.1 Å². The summed E-state index contributed by atoms with van der Waals surface area (Å²) in [5.74, 6) is -0.0357. The van der Waals surface area contributed by atoms with Gasteiger partial charge in [0.25, 0.3) is 0 Å².